The Morgan fingerprint density at radius 1 is 1.11 bits per heavy atom. The minimum atomic E-state index is 0.725. The predicted octanol–water partition coefficient (Wildman–Crippen LogP) is 3.98. The highest BCUT2D eigenvalue weighted by atomic mass is 14.8. The van der Waals surface area contributed by atoms with Crippen LogP contribution in [0.5, 0.6) is 0 Å². The van der Waals surface area contributed by atoms with Crippen LogP contribution in [0.3, 0.4) is 0 Å². The molecule has 88 valence electrons. The fourth-order valence-corrected chi connectivity index (χ4v) is 1.71. The minimum Gasteiger partial charge on any atom is -0.262 e. The molecule has 0 radical (unpaired) electrons. The molecule has 1 aromatic heterocycles. The fraction of sp³-hybridized carbons (Fsp3) is 0. The topological polar surface area (TPSA) is 25.2 Å². The van der Waals surface area contributed by atoms with Crippen molar-refractivity contribution < 1.29 is 0 Å². The summed E-state index contributed by atoms with van der Waals surface area (Å²) < 4.78 is 0. The number of pyridine rings is 1. The van der Waals surface area contributed by atoms with Crippen molar-refractivity contribution in [1.29, 1.82) is 0 Å². The summed E-state index contributed by atoms with van der Waals surface area (Å²) in [6.07, 6.45) is 5.25. The molecule has 0 bridgehead atoms. The predicted molar refractivity (Wildman–Crippen MR) is 77.4 cm³/mol. The summed E-state index contributed by atoms with van der Waals surface area (Å²) in [4.78, 5) is 8.27. The average molecular weight is 234 g/mol. The molecule has 1 aromatic carbocycles. The zero-order valence-corrected chi connectivity index (χ0v) is 10.1. The zero-order valence-electron chi connectivity index (χ0n) is 10.1. The third kappa shape index (κ3) is 2.61. The molecule has 2 heteroatoms. The molecule has 18 heavy (non-hydrogen) atoms. The quantitative estimate of drug-likeness (QED) is 0.580. The van der Waals surface area contributed by atoms with E-state index in [9.17, 15) is 0 Å². The summed E-state index contributed by atoms with van der Waals surface area (Å²) in [6.45, 7) is 7.21. The molecule has 1 heterocycles. The maximum Gasteiger partial charge on any atom is 0.0892 e. The lowest BCUT2D eigenvalue weighted by Gasteiger charge is -2.04. The molecule has 0 amide bonds. The van der Waals surface area contributed by atoms with Crippen molar-refractivity contribution in [2.45, 2.75) is 0 Å². The third-order valence-corrected chi connectivity index (χ3v) is 2.58. The number of aromatic nitrogens is 1. The van der Waals surface area contributed by atoms with Gasteiger partial charge in [0.1, 0.15) is 0 Å². The van der Waals surface area contributed by atoms with Gasteiger partial charge in [0.15, 0.2) is 0 Å². The molecule has 0 saturated heterocycles. The molecule has 0 N–H and O–H groups in total. The first kappa shape index (κ1) is 12.0. The Hall–Kier alpha value is -2.48. The lowest BCUT2D eigenvalue weighted by atomic mass is 10.1. The van der Waals surface area contributed by atoms with Crippen LogP contribution in [0.2, 0.25) is 0 Å². The Balaban J connectivity index is 2.45. The molecule has 2 rings (SSSR count). The molecule has 0 atom stereocenters. The lowest BCUT2D eigenvalue weighted by molar-refractivity contribution is 1.26. The highest BCUT2D eigenvalue weighted by molar-refractivity contribution is 5.72. The molecule has 2 aromatic rings. The van der Waals surface area contributed by atoms with Crippen LogP contribution in [-0.2, 0) is 0 Å². The van der Waals surface area contributed by atoms with Crippen molar-refractivity contribution >= 4 is 12.4 Å². The van der Waals surface area contributed by atoms with Crippen LogP contribution in [0, 0.1) is 0 Å². The molecule has 0 fully saturated rings. The van der Waals surface area contributed by atoms with Crippen LogP contribution in [0.25, 0.3) is 16.8 Å². The van der Waals surface area contributed by atoms with Gasteiger partial charge in [0.25, 0.3) is 0 Å². The van der Waals surface area contributed by atoms with Crippen LogP contribution in [0.15, 0.2) is 72.4 Å². The van der Waals surface area contributed by atoms with E-state index in [0.717, 1.165) is 22.5 Å². The number of allylic oxidation sites excluding steroid dienone is 2. The van der Waals surface area contributed by atoms with Crippen molar-refractivity contribution in [2.75, 3.05) is 0 Å². The summed E-state index contributed by atoms with van der Waals surface area (Å²) in [5, 5.41) is 0. The molecule has 0 spiro atoms. The number of nitrogens with zero attached hydrogens (tertiary/aromatic N) is 2. The van der Waals surface area contributed by atoms with Crippen LogP contribution in [0.4, 0.5) is 0 Å². The first-order valence-corrected chi connectivity index (χ1v) is 5.66. The minimum absolute atomic E-state index is 0.725. The van der Waals surface area contributed by atoms with Gasteiger partial charge in [0.05, 0.1) is 11.4 Å². The zero-order chi connectivity index (χ0) is 12.8. The highest BCUT2D eigenvalue weighted by Crippen LogP contribution is 2.22. The Morgan fingerprint density at radius 2 is 1.89 bits per heavy atom. The Bertz CT molecular complexity index is 583. The number of aliphatic imine (C=N–C) groups is 1. The van der Waals surface area contributed by atoms with Crippen molar-refractivity contribution in [1.82, 2.24) is 4.98 Å². The Kier molecular flexibility index (Phi) is 3.82. The Labute approximate surface area is 107 Å². The fourth-order valence-electron chi connectivity index (χ4n) is 1.71. The second-order valence-corrected chi connectivity index (χ2v) is 3.74. The Morgan fingerprint density at radius 3 is 2.56 bits per heavy atom. The molecule has 0 aliphatic rings. The van der Waals surface area contributed by atoms with E-state index in [-0.39, 0.29) is 0 Å². The molecule has 0 unspecified atom stereocenters. The molecule has 0 aliphatic carbocycles. The van der Waals surface area contributed by atoms with Gasteiger partial charge in [-0.3, -0.25) is 9.98 Å². The van der Waals surface area contributed by atoms with Gasteiger partial charge in [-0.25, -0.2) is 0 Å². The van der Waals surface area contributed by atoms with E-state index >= 15 is 0 Å². The second-order valence-electron chi connectivity index (χ2n) is 3.74. The maximum absolute atomic E-state index is 4.30. The van der Waals surface area contributed by atoms with E-state index < -0.39 is 0 Å². The third-order valence-electron chi connectivity index (χ3n) is 2.58. The molecular formula is C16H14N2. The number of hydrogen-bond acceptors (Lipinski definition) is 2. The van der Waals surface area contributed by atoms with Gasteiger partial charge < -0.3 is 0 Å². The van der Waals surface area contributed by atoms with Gasteiger partial charge in [-0.1, -0.05) is 43.0 Å². The van der Waals surface area contributed by atoms with Crippen molar-refractivity contribution in [3.8, 4) is 11.1 Å². The van der Waals surface area contributed by atoms with Crippen molar-refractivity contribution in [3.05, 3.63) is 73.1 Å². The summed E-state index contributed by atoms with van der Waals surface area (Å²) in [5.74, 6) is 0. The van der Waals surface area contributed by atoms with E-state index in [1.165, 1.54) is 0 Å². The van der Waals surface area contributed by atoms with E-state index in [0.29, 0.717) is 0 Å². The first-order chi connectivity index (χ1) is 8.85. The van der Waals surface area contributed by atoms with Crippen molar-refractivity contribution in [2.24, 2.45) is 4.99 Å². The monoisotopic (exact) mass is 234 g/mol. The SMILES string of the molecule is C=C/C=C(\N=C)c1cc(-c2ccccc2)ccn1. The molecule has 0 aliphatic heterocycles. The summed E-state index contributed by atoms with van der Waals surface area (Å²) in [5.41, 5.74) is 3.79. The van der Waals surface area contributed by atoms with Crippen molar-refractivity contribution in [3.63, 3.8) is 0 Å². The normalized spacial score (nSPS) is 11.0. The van der Waals surface area contributed by atoms with Gasteiger partial charge in [0, 0.05) is 6.20 Å². The van der Waals surface area contributed by atoms with Crippen LogP contribution in [-0.4, -0.2) is 11.7 Å². The number of benzene rings is 1. The van der Waals surface area contributed by atoms with Crippen LogP contribution in [0.1, 0.15) is 5.69 Å². The van der Waals surface area contributed by atoms with E-state index in [1.54, 1.807) is 18.3 Å². The van der Waals surface area contributed by atoms with E-state index in [2.05, 4.69) is 35.4 Å². The van der Waals surface area contributed by atoms with E-state index in [4.69, 9.17) is 0 Å². The van der Waals surface area contributed by atoms with Gasteiger partial charge >= 0.3 is 0 Å². The van der Waals surface area contributed by atoms with Gasteiger partial charge in [-0.2, -0.15) is 0 Å². The maximum atomic E-state index is 4.30. The molecule has 2 nitrogen and oxygen atoms in total. The number of rotatable bonds is 4. The van der Waals surface area contributed by atoms with Gasteiger partial charge in [-0.15, -0.1) is 0 Å². The standard InChI is InChI=1S/C16H14N2/c1-3-7-15(17-2)16-12-14(10-11-18-16)13-8-5-4-6-9-13/h3-12H,1-2H2/b15-7-. The second kappa shape index (κ2) is 5.73. The van der Waals surface area contributed by atoms with Crippen LogP contribution < -0.4 is 0 Å². The largest absolute Gasteiger partial charge is 0.262 e. The lowest BCUT2D eigenvalue weighted by Crippen LogP contribution is -1.88. The van der Waals surface area contributed by atoms with Gasteiger partial charge in [0.2, 0.25) is 0 Å². The van der Waals surface area contributed by atoms with E-state index in [1.807, 2.05) is 30.3 Å². The molecular weight excluding hydrogens is 220 g/mol. The summed E-state index contributed by atoms with van der Waals surface area (Å²) in [7, 11) is 0. The van der Waals surface area contributed by atoms with Crippen LogP contribution >= 0.6 is 0 Å². The first-order valence-electron chi connectivity index (χ1n) is 5.66. The summed E-state index contributed by atoms with van der Waals surface area (Å²) in [6, 6.07) is 14.1. The molecule has 0 saturated carbocycles. The number of hydrogen-bond donors (Lipinski definition) is 0. The van der Waals surface area contributed by atoms with Gasteiger partial charge in [-0.05, 0) is 36.1 Å². The smallest absolute Gasteiger partial charge is 0.0892 e. The summed E-state index contributed by atoms with van der Waals surface area (Å²) >= 11 is 0. The average Bonchev–Trinajstić information content (AvgIpc) is 2.46. The highest BCUT2D eigenvalue weighted by Gasteiger charge is 2.02.